The number of nitrogens with zero attached hydrogens (tertiary/aromatic N) is 3. The monoisotopic (exact) mass is 335 g/mol. The summed E-state index contributed by atoms with van der Waals surface area (Å²) in [6.45, 7) is 0. The highest BCUT2D eigenvalue weighted by Crippen LogP contribution is 2.45. The van der Waals surface area contributed by atoms with E-state index in [1.807, 2.05) is 53.4 Å². The predicted molar refractivity (Wildman–Crippen MR) is 95.3 cm³/mol. The third-order valence-corrected chi connectivity index (χ3v) is 4.88. The smallest absolute Gasteiger partial charge is 0.178 e. The van der Waals surface area contributed by atoms with Crippen LogP contribution in [0, 0.1) is 11.3 Å². The number of benzene rings is 2. The summed E-state index contributed by atoms with van der Waals surface area (Å²) in [7, 11) is 0. The van der Waals surface area contributed by atoms with Gasteiger partial charge < -0.3 is 0 Å². The summed E-state index contributed by atoms with van der Waals surface area (Å²) < 4.78 is 0. The number of hydrogen-bond donors (Lipinski definition) is 0. The largest absolute Gasteiger partial charge is 0.287 e. The molecule has 23 heavy (non-hydrogen) atoms. The Morgan fingerprint density at radius 1 is 1.13 bits per heavy atom. The first kappa shape index (κ1) is 14.1. The Labute approximate surface area is 143 Å². The lowest BCUT2D eigenvalue weighted by atomic mass is 10.1. The van der Waals surface area contributed by atoms with Gasteiger partial charge in [0.25, 0.3) is 0 Å². The highest BCUT2D eigenvalue weighted by atomic mass is 35.5. The fourth-order valence-electron chi connectivity index (χ4n) is 2.58. The van der Waals surface area contributed by atoms with Gasteiger partial charge in [0.15, 0.2) is 5.17 Å². The van der Waals surface area contributed by atoms with Gasteiger partial charge in [0.1, 0.15) is 0 Å². The van der Waals surface area contributed by atoms with Crippen molar-refractivity contribution in [3.63, 3.8) is 0 Å². The van der Waals surface area contributed by atoms with E-state index in [-0.39, 0.29) is 0 Å². The molecule has 2 aromatic rings. The fourth-order valence-corrected chi connectivity index (χ4v) is 3.75. The van der Waals surface area contributed by atoms with E-state index in [0.29, 0.717) is 5.02 Å². The SMILES string of the molecule is N#C/C=C1\C=C(c2ccc(Cl)cc2)N=C2Sc3ccccc3N21. The van der Waals surface area contributed by atoms with Gasteiger partial charge in [-0.3, -0.25) is 4.90 Å². The molecule has 0 radical (unpaired) electrons. The van der Waals surface area contributed by atoms with Gasteiger partial charge in [-0.1, -0.05) is 35.9 Å². The molecule has 0 N–H and O–H groups in total. The molecule has 0 spiro atoms. The van der Waals surface area contributed by atoms with Crippen molar-refractivity contribution in [2.24, 2.45) is 4.99 Å². The minimum atomic E-state index is 0.690. The van der Waals surface area contributed by atoms with Crippen LogP contribution in [0.1, 0.15) is 5.56 Å². The highest BCUT2D eigenvalue weighted by Gasteiger charge is 2.31. The number of rotatable bonds is 1. The number of anilines is 1. The molecule has 110 valence electrons. The standard InChI is InChI=1S/C18H10ClN3S/c19-13-7-5-12(6-8-13)15-11-14(9-10-20)22-16-3-1-2-4-17(16)23-18(22)21-15/h1-9,11H/b14-9+. The lowest BCUT2D eigenvalue weighted by Crippen LogP contribution is -2.25. The topological polar surface area (TPSA) is 39.4 Å². The molecule has 0 aliphatic carbocycles. The molecular formula is C18H10ClN3S. The summed E-state index contributed by atoms with van der Waals surface area (Å²) in [5.74, 6) is 0. The molecule has 0 saturated heterocycles. The van der Waals surface area contributed by atoms with Gasteiger partial charge in [-0.2, -0.15) is 5.26 Å². The van der Waals surface area contributed by atoms with Crippen LogP contribution in [0.25, 0.3) is 5.70 Å². The lowest BCUT2D eigenvalue weighted by molar-refractivity contribution is 1.22. The summed E-state index contributed by atoms with van der Waals surface area (Å²) in [5.41, 5.74) is 3.68. The van der Waals surface area contributed by atoms with Gasteiger partial charge in [0.05, 0.1) is 23.2 Å². The zero-order valence-electron chi connectivity index (χ0n) is 11.9. The molecule has 0 unspecified atom stereocenters. The zero-order valence-corrected chi connectivity index (χ0v) is 13.5. The van der Waals surface area contributed by atoms with E-state index >= 15 is 0 Å². The average Bonchev–Trinajstić information content (AvgIpc) is 2.94. The number of fused-ring (bicyclic) bond motifs is 3. The van der Waals surface area contributed by atoms with Crippen LogP contribution in [0.4, 0.5) is 5.69 Å². The second-order valence-corrected chi connectivity index (χ2v) is 6.48. The van der Waals surface area contributed by atoms with Crippen LogP contribution < -0.4 is 4.90 Å². The van der Waals surface area contributed by atoms with Crippen molar-refractivity contribution in [1.29, 1.82) is 5.26 Å². The Hall–Kier alpha value is -2.48. The quantitative estimate of drug-likeness (QED) is 0.683. The van der Waals surface area contributed by atoms with Crippen LogP contribution in [0.15, 0.2) is 76.3 Å². The molecule has 3 nitrogen and oxygen atoms in total. The Morgan fingerprint density at radius 3 is 2.70 bits per heavy atom. The Morgan fingerprint density at radius 2 is 1.91 bits per heavy atom. The third kappa shape index (κ3) is 2.44. The number of aliphatic imine (C=N–C) groups is 1. The second-order valence-electron chi connectivity index (χ2n) is 5.03. The average molecular weight is 336 g/mol. The van der Waals surface area contributed by atoms with Gasteiger partial charge in [-0.15, -0.1) is 0 Å². The maximum atomic E-state index is 9.13. The molecule has 0 fully saturated rings. The zero-order chi connectivity index (χ0) is 15.8. The van der Waals surface area contributed by atoms with Crippen LogP contribution in [0.3, 0.4) is 0 Å². The van der Waals surface area contributed by atoms with E-state index in [9.17, 15) is 0 Å². The van der Waals surface area contributed by atoms with Gasteiger partial charge in [-0.25, -0.2) is 4.99 Å². The van der Waals surface area contributed by atoms with Crippen molar-refractivity contribution in [3.05, 3.63) is 77.0 Å². The van der Waals surface area contributed by atoms with Gasteiger partial charge in [-0.05, 0) is 42.1 Å². The Balaban J connectivity index is 1.83. The molecule has 5 heteroatoms. The molecule has 0 aromatic heterocycles. The Kier molecular flexibility index (Phi) is 3.45. The molecule has 0 atom stereocenters. The summed E-state index contributed by atoms with van der Waals surface area (Å²) in [4.78, 5) is 7.92. The minimum Gasteiger partial charge on any atom is -0.287 e. The van der Waals surface area contributed by atoms with Crippen molar-refractivity contribution in [3.8, 4) is 6.07 Å². The van der Waals surface area contributed by atoms with Crippen LogP contribution in [-0.4, -0.2) is 5.17 Å². The van der Waals surface area contributed by atoms with Crippen molar-refractivity contribution in [1.82, 2.24) is 0 Å². The molecule has 0 amide bonds. The number of halogens is 1. The summed E-state index contributed by atoms with van der Waals surface area (Å²) in [6.07, 6.45) is 3.48. The van der Waals surface area contributed by atoms with Crippen LogP contribution in [0.2, 0.25) is 5.02 Å². The second kappa shape index (κ2) is 5.62. The number of thioether (sulfide) groups is 1. The molecule has 2 heterocycles. The number of nitriles is 1. The fraction of sp³-hybridized carbons (Fsp3) is 0. The van der Waals surface area contributed by atoms with Gasteiger partial charge >= 0.3 is 0 Å². The Bertz CT molecular complexity index is 920. The number of allylic oxidation sites excluding steroid dienone is 2. The number of para-hydroxylation sites is 1. The van der Waals surface area contributed by atoms with E-state index in [1.54, 1.807) is 17.8 Å². The summed E-state index contributed by atoms with van der Waals surface area (Å²) in [5, 5.41) is 10.7. The maximum Gasteiger partial charge on any atom is 0.178 e. The molecule has 2 aromatic carbocycles. The van der Waals surface area contributed by atoms with Gasteiger partial charge in [0, 0.05) is 21.6 Å². The van der Waals surface area contributed by atoms with Crippen LogP contribution >= 0.6 is 23.4 Å². The van der Waals surface area contributed by atoms with Crippen molar-refractivity contribution < 1.29 is 0 Å². The molecular weight excluding hydrogens is 326 g/mol. The summed E-state index contributed by atoms with van der Waals surface area (Å²) >= 11 is 7.57. The first-order valence-electron chi connectivity index (χ1n) is 6.99. The molecule has 4 rings (SSSR count). The van der Waals surface area contributed by atoms with E-state index in [4.69, 9.17) is 21.9 Å². The minimum absolute atomic E-state index is 0.690. The molecule has 0 saturated carbocycles. The summed E-state index contributed by atoms with van der Waals surface area (Å²) in [6, 6.07) is 17.8. The predicted octanol–water partition coefficient (Wildman–Crippen LogP) is 5.07. The maximum absolute atomic E-state index is 9.13. The number of hydrogen-bond acceptors (Lipinski definition) is 4. The highest BCUT2D eigenvalue weighted by molar-refractivity contribution is 8.14. The lowest BCUT2D eigenvalue weighted by Gasteiger charge is -2.24. The van der Waals surface area contributed by atoms with E-state index < -0.39 is 0 Å². The normalized spacial score (nSPS) is 17.2. The molecule has 2 aliphatic heterocycles. The first-order valence-corrected chi connectivity index (χ1v) is 8.19. The van der Waals surface area contributed by atoms with Crippen molar-refractivity contribution in [2.75, 3.05) is 4.90 Å². The van der Waals surface area contributed by atoms with E-state index in [2.05, 4.69) is 12.1 Å². The van der Waals surface area contributed by atoms with E-state index in [0.717, 1.165) is 32.7 Å². The van der Waals surface area contributed by atoms with Crippen LogP contribution in [0.5, 0.6) is 0 Å². The van der Waals surface area contributed by atoms with Crippen LogP contribution in [-0.2, 0) is 0 Å². The number of amidine groups is 1. The first-order chi connectivity index (χ1) is 11.3. The van der Waals surface area contributed by atoms with Crippen molar-refractivity contribution >= 4 is 39.9 Å². The molecule has 0 bridgehead atoms. The molecule has 2 aliphatic rings. The van der Waals surface area contributed by atoms with Crippen molar-refractivity contribution in [2.45, 2.75) is 4.90 Å². The third-order valence-electron chi connectivity index (χ3n) is 3.61. The van der Waals surface area contributed by atoms with E-state index in [1.165, 1.54) is 0 Å². The van der Waals surface area contributed by atoms with Gasteiger partial charge in [0.2, 0.25) is 0 Å².